The second-order valence-electron chi connectivity index (χ2n) is 3.20. The first-order chi connectivity index (χ1) is 5.93. The molecular formula is C8H18O4S. The summed E-state index contributed by atoms with van der Waals surface area (Å²) in [6.45, 7) is 3.67. The zero-order chi connectivity index (χ0) is 10.5. The van der Waals surface area contributed by atoms with Gasteiger partial charge in [0.2, 0.25) is 0 Å². The average molecular weight is 210 g/mol. The quantitative estimate of drug-likeness (QED) is 0.646. The van der Waals surface area contributed by atoms with Crippen molar-refractivity contribution in [2.75, 3.05) is 0 Å². The van der Waals surface area contributed by atoms with E-state index >= 15 is 0 Å². The van der Waals surface area contributed by atoms with Gasteiger partial charge in [-0.15, -0.1) is 0 Å². The number of rotatable bonds is 6. The van der Waals surface area contributed by atoms with Gasteiger partial charge in [0, 0.05) is 0 Å². The van der Waals surface area contributed by atoms with Gasteiger partial charge < -0.3 is 5.11 Å². The Labute approximate surface area is 79.7 Å². The molecule has 0 aromatic carbocycles. The van der Waals surface area contributed by atoms with Crippen LogP contribution in [0.3, 0.4) is 0 Å². The van der Waals surface area contributed by atoms with Crippen LogP contribution in [-0.4, -0.2) is 29.4 Å². The third-order valence-electron chi connectivity index (χ3n) is 1.97. The van der Waals surface area contributed by atoms with Gasteiger partial charge in [-0.2, -0.15) is 8.42 Å². The van der Waals surface area contributed by atoms with E-state index in [1.807, 2.05) is 13.8 Å². The van der Waals surface area contributed by atoms with Gasteiger partial charge in [-0.3, -0.25) is 4.55 Å². The van der Waals surface area contributed by atoms with E-state index in [9.17, 15) is 13.5 Å². The molecule has 0 saturated carbocycles. The first-order valence-corrected chi connectivity index (χ1v) is 6.08. The highest BCUT2D eigenvalue weighted by Gasteiger charge is 2.29. The van der Waals surface area contributed by atoms with Crippen LogP contribution < -0.4 is 0 Å². The molecule has 0 aliphatic carbocycles. The van der Waals surface area contributed by atoms with E-state index in [1.54, 1.807) is 0 Å². The van der Waals surface area contributed by atoms with Crippen LogP contribution in [0.4, 0.5) is 0 Å². The molecule has 0 bridgehead atoms. The van der Waals surface area contributed by atoms with E-state index in [-0.39, 0.29) is 0 Å². The van der Waals surface area contributed by atoms with Crippen molar-refractivity contribution in [2.45, 2.75) is 50.9 Å². The summed E-state index contributed by atoms with van der Waals surface area (Å²) < 4.78 is 30.5. The lowest BCUT2D eigenvalue weighted by Crippen LogP contribution is -2.33. The van der Waals surface area contributed by atoms with Gasteiger partial charge in [0.15, 0.2) is 0 Å². The lowest BCUT2D eigenvalue weighted by Gasteiger charge is -2.18. The second kappa shape index (κ2) is 5.57. The molecule has 5 heteroatoms. The Kier molecular flexibility index (Phi) is 5.51. The molecule has 0 saturated heterocycles. The Hall–Kier alpha value is -0.130. The van der Waals surface area contributed by atoms with Crippen molar-refractivity contribution in [1.29, 1.82) is 0 Å². The summed E-state index contributed by atoms with van der Waals surface area (Å²) in [6, 6.07) is 0. The average Bonchev–Trinajstić information content (AvgIpc) is 1.98. The van der Waals surface area contributed by atoms with Crippen LogP contribution in [-0.2, 0) is 10.1 Å². The van der Waals surface area contributed by atoms with Gasteiger partial charge in [-0.25, -0.2) is 0 Å². The topological polar surface area (TPSA) is 74.6 Å². The largest absolute Gasteiger partial charge is 0.392 e. The third-order valence-corrected chi connectivity index (χ3v) is 3.28. The second-order valence-corrected chi connectivity index (χ2v) is 4.83. The minimum Gasteiger partial charge on any atom is -0.392 e. The molecule has 2 N–H and O–H groups in total. The number of aliphatic hydroxyl groups excluding tert-OH is 1. The zero-order valence-corrected chi connectivity index (χ0v) is 8.92. The van der Waals surface area contributed by atoms with Crippen LogP contribution >= 0.6 is 0 Å². The smallest absolute Gasteiger partial charge is 0.270 e. The van der Waals surface area contributed by atoms with Gasteiger partial charge >= 0.3 is 0 Å². The molecule has 0 spiro atoms. The van der Waals surface area contributed by atoms with Gasteiger partial charge in [-0.1, -0.05) is 26.7 Å². The Morgan fingerprint density at radius 2 is 1.62 bits per heavy atom. The Morgan fingerprint density at radius 3 is 1.92 bits per heavy atom. The lowest BCUT2D eigenvalue weighted by molar-refractivity contribution is 0.150. The van der Waals surface area contributed by atoms with Gasteiger partial charge in [0.05, 0.1) is 6.10 Å². The highest BCUT2D eigenvalue weighted by Crippen LogP contribution is 2.15. The van der Waals surface area contributed by atoms with Crippen molar-refractivity contribution >= 4 is 10.1 Å². The summed E-state index contributed by atoms with van der Waals surface area (Å²) in [6.07, 6.45) is 1.10. The molecule has 80 valence electrons. The van der Waals surface area contributed by atoms with Crippen molar-refractivity contribution in [2.24, 2.45) is 0 Å². The maximum Gasteiger partial charge on any atom is 0.270 e. The molecule has 4 nitrogen and oxygen atoms in total. The number of aliphatic hydroxyl groups is 1. The summed E-state index contributed by atoms with van der Waals surface area (Å²) in [7, 11) is -4.10. The van der Waals surface area contributed by atoms with Gasteiger partial charge in [-0.05, 0) is 12.8 Å². The van der Waals surface area contributed by atoms with Gasteiger partial charge in [0.1, 0.15) is 5.25 Å². The maximum absolute atomic E-state index is 10.8. The summed E-state index contributed by atoms with van der Waals surface area (Å²) in [5.41, 5.74) is 0. The highest BCUT2D eigenvalue weighted by atomic mass is 32.2. The number of hydrogen-bond acceptors (Lipinski definition) is 3. The standard InChI is InChI=1S/C8H18O4S/c1-3-5-7(9)8(6-4-2)13(10,11)12/h7-9H,3-6H2,1-2H3,(H,10,11,12)/t7-,8+/m0/s1. The predicted octanol–water partition coefficient (Wildman–Crippen LogP) is 1.20. The van der Waals surface area contributed by atoms with Crippen molar-refractivity contribution in [3.8, 4) is 0 Å². The van der Waals surface area contributed by atoms with E-state index in [1.165, 1.54) is 0 Å². The first kappa shape index (κ1) is 12.9. The molecule has 0 aliphatic rings. The normalized spacial score (nSPS) is 16.9. The van der Waals surface area contributed by atoms with Crippen LogP contribution in [0.1, 0.15) is 39.5 Å². The molecular weight excluding hydrogens is 192 g/mol. The summed E-state index contributed by atoms with van der Waals surface area (Å²) >= 11 is 0. The molecule has 0 unspecified atom stereocenters. The predicted molar refractivity (Wildman–Crippen MR) is 51.2 cm³/mol. The fraction of sp³-hybridized carbons (Fsp3) is 1.00. The zero-order valence-electron chi connectivity index (χ0n) is 8.10. The lowest BCUT2D eigenvalue weighted by atomic mass is 10.1. The SMILES string of the molecule is CCC[C@H]([C@@H](O)CCC)S(=O)(=O)O. The minimum absolute atomic E-state index is 0.306. The maximum atomic E-state index is 10.8. The van der Waals surface area contributed by atoms with Crippen molar-refractivity contribution in [3.05, 3.63) is 0 Å². The van der Waals surface area contributed by atoms with Crippen LogP contribution in [0.5, 0.6) is 0 Å². The van der Waals surface area contributed by atoms with Gasteiger partial charge in [0.25, 0.3) is 10.1 Å². The molecule has 0 rings (SSSR count). The van der Waals surface area contributed by atoms with Crippen molar-refractivity contribution < 1.29 is 18.1 Å². The van der Waals surface area contributed by atoms with E-state index in [2.05, 4.69) is 0 Å². The van der Waals surface area contributed by atoms with Crippen LogP contribution in [0.25, 0.3) is 0 Å². The van der Waals surface area contributed by atoms with Crippen LogP contribution in [0, 0.1) is 0 Å². The Bertz CT molecular complexity index is 222. The van der Waals surface area contributed by atoms with Crippen molar-refractivity contribution in [3.63, 3.8) is 0 Å². The fourth-order valence-corrected chi connectivity index (χ4v) is 2.37. The van der Waals surface area contributed by atoms with Crippen molar-refractivity contribution in [1.82, 2.24) is 0 Å². The fourth-order valence-electron chi connectivity index (χ4n) is 1.31. The molecule has 0 aromatic rings. The molecule has 13 heavy (non-hydrogen) atoms. The molecule has 0 heterocycles. The van der Waals surface area contributed by atoms with E-state index in [4.69, 9.17) is 4.55 Å². The van der Waals surface area contributed by atoms with E-state index < -0.39 is 21.5 Å². The van der Waals surface area contributed by atoms with Crippen LogP contribution in [0.15, 0.2) is 0 Å². The highest BCUT2D eigenvalue weighted by molar-refractivity contribution is 7.86. The Morgan fingerprint density at radius 1 is 1.15 bits per heavy atom. The molecule has 0 aromatic heterocycles. The summed E-state index contributed by atoms with van der Waals surface area (Å²) in [5.74, 6) is 0. The molecule has 0 aliphatic heterocycles. The number of hydrogen-bond donors (Lipinski definition) is 2. The molecule has 0 fully saturated rings. The Balaban J connectivity index is 4.42. The first-order valence-electron chi connectivity index (χ1n) is 4.57. The minimum atomic E-state index is -4.10. The third kappa shape index (κ3) is 4.59. The molecule has 0 radical (unpaired) electrons. The van der Waals surface area contributed by atoms with Crippen LogP contribution in [0.2, 0.25) is 0 Å². The molecule has 0 amide bonds. The monoisotopic (exact) mass is 210 g/mol. The van der Waals surface area contributed by atoms with E-state index in [0.717, 1.165) is 0 Å². The summed E-state index contributed by atoms with van der Waals surface area (Å²) in [5, 5.41) is 8.42. The van der Waals surface area contributed by atoms with E-state index in [0.29, 0.717) is 25.7 Å². The summed E-state index contributed by atoms with van der Waals surface area (Å²) in [4.78, 5) is 0. The molecule has 2 atom stereocenters.